The van der Waals surface area contributed by atoms with Crippen LogP contribution in [0.25, 0.3) is 0 Å². The number of aromatic nitrogens is 2. The minimum atomic E-state index is -0.114. The molecule has 3 saturated heterocycles. The zero-order chi connectivity index (χ0) is 14.7. The molecular formula is C15H23N3O2S. The normalized spacial score (nSPS) is 24.6. The largest absolute Gasteiger partial charge is 0.476 e. The summed E-state index contributed by atoms with van der Waals surface area (Å²) in [6, 6.07) is 0. The van der Waals surface area contributed by atoms with E-state index in [-0.39, 0.29) is 11.8 Å². The fourth-order valence-corrected chi connectivity index (χ4v) is 3.91. The monoisotopic (exact) mass is 309 g/mol. The average Bonchev–Trinajstić information content (AvgIpc) is 2.96. The topological polar surface area (TPSA) is 55.3 Å². The van der Waals surface area contributed by atoms with Crippen LogP contribution in [0.1, 0.15) is 57.1 Å². The van der Waals surface area contributed by atoms with Crippen LogP contribution in [0.4, 0.5) is 0 Å². The number of ether oxygens (including phenoxy) is 1. The molecule has 2 bridgehead atoms. The van der Waals surface area contributed by atoms with Crippen molar-refractivity contribution in [2.75, 3.05) is 19.7 Å². The molecule has 4 rings (SSSR count). The zero-order valence-corrected chi connectivity index (χ0v) is 13.4. The Morgan fingerprint density at radius 3 is 2.76 bits per heavy atom. The second-order valence-electron chi connectivity index (χ2n) is 6.00. The number of rotatable bonds is 7. The molecule has 5 nitrogen and oxygen atoms in total. The van der Waals surface area contributed by atoms with Crippen molar-refractivity contribution in [1.82, 2.24) is 13.6 Å². The summed E-state index contributed by atoms with van der Waals surface area (Å²) in [5, 5.41) is 0. The summed E-state index contributed by atoms with van der Waals surface area (Å²) < 4.78 is 14.4. The maximum Gasteiger partial charge on any atom is 0.249 e. The van der Waals surface area contributed by atoms with Crippen molar-refractivity contribution >= 4 is 17.6 Å². The molecule has 4 heterocycles. The van der Waals surface area contributed by atoms with Crippen molar-refractivity contribution in [3.8, 4) is 5.88 Å². The van der Waals surface area contributed by atoms with E-state index in [0.29, 0.717) is 18.4 Å². The van der Waals surface area contributed by atoms with Crippen LogP contribution in [-0.2, 0) is 4.79 Å². The van der Waals surface area contributed by atoms with E-state index >= 15 is 0 Å². The van der Waals surface area contributed by atoms with Crippen molar-refractivity contribution in [3.63, 3.8) is 0 Å². The number of carbonyl (C=O) groups excluding carboxylic acids is 1. The molecule has 1 unspecified atom stereocenters. The molecule has 0 N–H and O–H groups in total. The van der Waals surface area contributed by atoms with Crippen molar-refractivity contribution < 1.29 is 9.53 Å². The molecule has 21 heavy (non-hydrogen) atoms. The number of piperidine rings is 3. The van der Waals surface area contributed by atoms with E-state index in [4.69, 9.17) is 4.74 Å². The summed E-state index contributed by atoms with van der Waals surface area (Å²) in [7, 11) is 0. The predicted molar refractivity (Wildman–Crippen MR) is 81.6 cm³/mol. The standard InChI is InChI=1S/C15H23N3O2S/c1-2-3-4-5-10-20-14-13(16-21-17-14)12-11-6-8-18(9-7-11)15(12)19/h11-12H,2-10H2,1H3. The summed E-state index contributed by atoms with van der Waals surface area (Å²) in [5.41, 5.74) is 0.787. The highest BCUT2D eigenvalue weighted by molar-refractivity contribution is 6.99. The summed E-state index contributed by atoms with van der Waals surface area (Å²) in [6.45, 7) is 4.69. The number of hydrogen-bond acceptors (Lipinski definition) is 5. The Kier molecular flexibility index (Phi) is 4.73. The van der Waals surface area contributed by atoms with E-state index in [2.05, 4.69) is 15.7 Å². The minimum absolute atomic E-state index is 0.114. The van der Waals surface area contributed by atoms with Crippen molar-refractivity contribution in [1.29, 1.82) is 0 Å². The highest BCUT2D eigenvalue weighted by Gasteiger charge is 2.44. The molecule has 3 aliphatic rings. The van der Waals surface area contributed by atoms with Crippen LogP contribution in [0, 0.1) is 5.92 Å². The van der Waals surface area contributed by atoms with Crippen LogP contribution in [0.2, 0.25) is 0 Å². The summed E-state index contributed by atoms with van der Waals surface area (Å²) in [6.07, 6.45) is 6.86. The minimum Gasteiger partial charge on any atom is -0.476 e. The SMILES string of the molecule is CCCCCCOc1nsnc1C1C(=O)N2CCC1CC2. The van der Waals surface area contributed by atoms with E-state index < -0.39 is 0 Å². The maximum absolute atomic E-state index is 12.5. The van der Waals surface area contributed by atoms with Gasteiger partial charge in [0.15, 0.2) is 0 Å². The first kappa shape index (κ1) is 14.8. The molecule has 0 aromatic carbocycles. The first-order valence-electron chi connectivity index (χ1n) is 8.05. The van der Waals surface area contributed by atoms with E-state index in [9.17, 15) is 4.79 Å². The highest BCUT2D eigenvalue weighted by atomic mass is 32.1. The maximum atomic E-state index is 12.5. The Balaban J connectivity index is 1.63. The van der Waals surface area contributed by atoms with Crippen LogP contribution >= 0.6 is 11.7 Å². The molecule has 0 spiro atoms. The predicted octanol–water partition coefficient (Wildman–Crippen LogP) is 2.83. The third-order valence-corrected chi connectivity index (χ3v) is 5.13. The first-order chi connectivity index (χ1) is 10.3. The molecule has 6 heteroatoms. The molecule has 116 valence electrons. The van der Waals surface area contributed by atoms with Gasteiger partial charge in [-0.2, -0.15) is 4.37 Å². The Bertz CT molecular complexity index is 483. The molecule has 3 aliphatic heterocycles. The molecule has 1 aromatic heterocycles. The fraction of sp³-hybridized carbons (Fsp3) is 0.800. The molecule has 1 amide bonds. The van der Waals surface area contributed by atoms with E-state index in [0.717, 1.165) is 49.8 Å². The lowest BCUT2D eigenvalue weighted by Crippen LogP contribution is -2.50. The Morgan fingerprint density at radius 1 is 1.24 bits per heavy atom. The van der Waals surface area contributed by atoms with Gasteiger partial charge in [0.2, 0.25) is 11.8 Å². The highest BCUT2D eigenvalue weighted by Crippen LogP contribution is 2.42. The number of nitrogens with zero attached hydrogens (tertiary/aromatic N) is 3. The zero-order valence-electron chi connectivity index (χ0n) is 12.6. The number of carbonyl (C=O) groups is 1. The molecule has 1 aromatic rings. The van der Waals surface area contributed by atoms with E-state index in [1.165, 1.54) is 19.3 Å². The Labute approximate surface area is 130 Å². The van der Waals surface area contributed by atoms with Gasteiger partial charge in [-0.3, -0.25) is 4.79 Å². The molecular weight excluding hydrogens is 286 g/mol. The Morgan fingerprint density at radius 2 is 2.05 bits per heavy atom. The van der Waals surface area contributed by atoms with Crippen LogP contribution in [0.15, 0.2) is 0 Å². The van der Waals surface area contributed by atoms with Gasteiger partial charge in [-0.1, -0.05) is 26.2 Å². The summed E-state index contributed by atoms with van der Waals surface area (Å²) in [4.78, 5) is 14.4. The number of hydrogen-bond donors (Lipinski definition) is 0. The lowest BCUT2D eigenvalue weighted by molar-refractivity contribution is -0.142. The number of amides is 1. The van der Waals surface area contributed by atoms with Gasteiger partial charge < -0.3 is 9.64 Å². The fourth-order valence-electron chi connectivity index (χ4n) is 3.37. The quantitative estimate of drug-likeness (QED) is 0.727. The molecule has 1 atom stereocenters. The van der Waals surface area contributed by atoms with Crippen LogP contribution < -0.4 is 4.74 Å². The number of fused-ring (bicyclic) bond motifs is 3. The van der Waals surface area contributed by atoms with Crippen molar-refractivity contribution in [2.24, 2.45) is 5.92 Å². The molecule has 0 radical (unpaired) electrons. The van der Waals surface area contributed by atoms with E-state index in [1.807, 2.05) is 4.90 Å². The van der Waals surface area contributed by atoms with Gasteiger partial charge in [0, 0.05) is 13.1 Å². The molecule has 0 saturated carbocycles. The second kappa shape index (κ2) is 6.73. The lowest BCUT2D eigenvalue weighted by atomic mass is 9.77. The van der Waals surface area contributed by atoms with Crippen LogP contribution in [0.5, 0.6) is 5.88 Å². The van der Waals surface area contributed by atoms with Gasteiger partial charge in [0.05, 0.1) is 24.3 Å². The van der Waals surface area contributed by atoms with Crippen LogP contribution in [-0.4, -0.2) is 39.3 Å². The third-order valence-electron chi connectivity index (χ3n) is 4.60. The Hall–Kier alpha value is -1.17. The smallest absolute Gasteiger partial charge is 0.249 e. The first-order valence-corrected chi connectivity index (χ1v) is 8.78. The van der Waals surface area contributed by atoms with Gasteiger partial charge in [0.25, 0.3) is 0 Å². The average molecular weight is 309 g/mol. The van der Waals surface area contributed by atoms with Gasteiger partial charge in [-0.05, 0) is 25.2 Å². The summed E-state index contributed by atoms with van der Waals surface area (Å²) >= 11 is 1.16. The van der Waals surface area contributed by atoms with Crippen LogP contribution in [0.3, 0.4) is 0 Å². The number of unbranched alkanes of at least 4 members (excludes halogenated alkanes) is 3. The van der Waals surface area contributed by atoms with Gasteiger partial charge in [-0.15, -0.1) is 4.37 Å². The van der Waals surface area contributed by atoms with E-state index in [1.54, 1.807) is 0 Å². The third kappa shape index (κ3) is 3.05. The van der Waals surface area contributed by atoms with Gasteiger partial charge >= 0.3 is 0 Å². The van der Waals surface area contributed by atoms with Crippen molar-refractivity contribution in [3.05, 3.63) is 5.69 Å². The lowest BCUT2D eigenvalue weighted by Gasteiger charge is -2.43. The second-order valence-corrected chi connectivity index (χ2v) is 6.53. The van der Waals surface area contributed by atoms with Gasteiger partial charge in [0.1, 0.15) is 5.69 Å². The van der Waals surface area contributed by atoms with Gasteiger partial charge in [-0.25, -0.2) is 0 Å². The summed E-state index contributed by atoms with van der Waals surface area (Å²) in [5.74, 6) is 1.13. The molecule has 0 aliphatic carbocycles. The van der Waals surface area contributed by atoms with Crippen molar-refractivity contribution in [2.45, 2.75) is 51.4 Å². The molecule has 3 fully saturated rings.